The number of H-pyrrole nitrogens is 1. The van der Waals surface area contributed by atoms with Gasteiger partial charge in [-0.05, 0) is 43.9 Å². The average molecular weight is 504 g/mol. The molecule has 0 spiro atoms. The Morgan fingerprint density at radius 2 is 1.92 bits per heavy atom. The Morgan fingerprint density at radius 3 is 2.65 bits per heavy atom. The van der Waals surface area contributed by atoms with E-state index in [1.54, 1.807) is 0 Å². The monoisotopic (exact) mass is 503 g/mol. The fraction of sp³-hybridized carbons (Fsp3) is 0.444. The summed E-state index contributed by atoms with van der Waals surface area (Å²) in [7, 11) is 2.01. The van der Waals surface area contributed by atoms with Gasteiger partial charge in [0.05, 0.1) is 5.69 Å². The Kier molecular flexibility index (Phi) is 7.07. The Balaban J connectivity index is 1.51. The van der Waals surface area contributed by atoms with Crippen molar-refractivity contribution in [3.8, 4) is 0 Å². The van der Waals surface area contributed by atoms with Crippen LogP contribution in [0.4, 0.5) is 5.69 Å². The first-order chi connectivity index (χ1) is 18.0. The van der Waals surface area contributed by atoms with Crippen LogP contribution in [-0.4, -0.2) is 48.5 Å². The number of aldehydes is 1. The van der Waals surface area contributed by atoms with Crippen LogP contribution in [0.1, 0.15) is 55.5 Å². The number of unbranched alkanes of at least 4 members (excludes halogenated alkanes) is 1. The molecule has 5 rings (SSSR count). The lowest BCUT2D eigenvalue weighted by molar-refractivity contribution is -0.107. The number of fused-ring (bicyclic) bond motifs is 2. The molecule has 1 N–H and O–H groups in total. The molecule has 1 aromatic carbocycles. The van der Waals surface area contributed by atoms with Crippen molar-refractivity contribution in [3.05, 3.63) is 74.2 Å². The SMILES string of the molecule is CCn1c(=O)[nH]c(=O)c2c1nc(Cc1cn3c(n1)CCCC3)n2Cc1ccc(N(C)CCCC=O)cc1. The Morgan fingerprint density at radius 1 is 1.11 bits per heavy atom. The Hall–Kier alpha value is -3.95. The van der Waals surface area contributed by atoms with Gasteiger partial charge in [0.1, 0.15) is 17.9 Å². The number of rotatable bonds is 10. The third-order valence-electron chi connectivity index (χ3n) is 7.11. The van der Waals surface area contributed by atoms with Crippen LogP contribution in [0, 0.1) is 0 Å². The van der Waals surface area contributed by atoms with Gasteiger partial charge in [0, 0.05) is 64.4 Å². The number of aryl methyl sites for hydroxylation is 3. The van der Waals surface area contributed by atoms with Gasteiger partial charge in [0.15, 0.2) is 11.2 Å². The summed E-state index contributed by atoms with van der Waals surface area (Å²) in [5.74, 6) is 1.80. The van der Waals surface area contributed by atoms with Crippen LogP contribution in [0.25, 0.3) is 11.2 Å². The summed E-state index contributed by atoms with van der Waals surface area (Å²) in [5, 5.41) is 0. The van der Waals surface area contributed by atoms with E-state index in [-0.39, 0.29) is 0 Å². The van der Waals surface area contributed by atoms with E-state index in [2.05, 4.69) is 20.6 Å². The first-order valence-corrected chi connectivity index (χ1v) is 13.0. The molecule has 0 amide bonds. The highest BCUT2D eigenvalue weighted by molar-refractivity contribution is 5.71. The van der Waals surface area contributed by atoms with Crippen LogP contribution in [0.3, 0.4) is 0 Å². The largest absolute Gasteiger partial charge is 0.375 e. The minimum atomic E-state index is -0.448. The summed E-state index contributed by atoms with van der Waals surface area (Å²) >= 11 is 0. The smallest absolute Gasteiger partial charge is 0.330 e. The molecule has 194 valence electrons. The summed E-state index contributed by atoms with van der Waals surface area (Å²) in [5.41, 5.74) is 2.92. The van der Waals surface area contributed by atoms with Crippen molar-refractivity contribution >= 4 is 23.1 Å². The van der Waals surface area contributed by atoms with E-state index in [0.717, 1.165) is 67.8 Å². The number of hydrogen-bond donors (Lipinski definition) is 1. The van der Waals surface area contributed by atoms with Crippen molar-refractivity contribution in [1.29, 1.82) is 0 Å². The summed E-state index contributed by atoms with van der Waals surface area (Å²) in [4.78, 5) is 50.3. The number of carbonyl (C=O) groups excluding carboxylic acids is 1. The van der Waals surface area contributed by atoms with Gasteiger partial charge in [-0.1, -0.05) is 12.1 Å². The number of benzene rings is 1. The van der Waals surface area contributed by atoms with E-state index in [9.17, 15) is 14.4 Å². The molecular weight excluding hydrogens is 470 g/mol. The van der Waals surface area contributed by atoms with Crippen LogP contribution in [-0.2, 0) is 37.3 Å². The zero-order chi connectivity index (χ0) is 25.9. The predicted octanol–water partition coefficient (Wildman–Crippen LogP) is 2.49. The van der Waals surface area contributed by atoms with Crippen molar-refractivity contribution in [1.82, 2.24) is 28.7 Å². The number of anilines is 1. The Bertz CT molecular complexity index is 1500. The fourth-order valence-electron chi connectivity index (χ4n) is 5.11. The van der Waals surface area contributed by atoms with Crippen LogP contribution in [0.5, 0.6) is 0 Å². The van der Waals surface area contributed by atoms with Crippen LogP contribution in [0.15, 0.2) is 40.1 Å². The lowest BCUT2D eigenvalue weighted by atomic mass is 10.2. The molecule has 0 bridgehead atoms. The number of imidazole rings is 2. The molecule has 0 unspecified atom stereocenters. The number of aromatic amines is 1. The maximum absolute atomic E-state index is 13.0. The molecule has 37 heavy (non-hydrogen) atoms. The van der Waals surface area contributed by atoms with Crippen molar-refractivity contribution in [2.75, 3.05) is 18.5 Å². The number of carbonyl (C=O) groups is 1. The van der Waals surface area contributed by atoms with E-state index in [0.29, 0.717) is 42.9 Å². The molecule has 4 heterocycles. The first kappa shape index (κ1) is 24.7. The quantitative estimate of drug-likeness (QED) is 0.263. The topological polar surface area (TPSA) is 111 Å². The molecule has 10 heteroatoms. The van der Waals surface area contributed by atoms with Crippen molar-refractivity contribution in [3.63, 3.8) is 0 Å². The molecule has 1 aliphatic heterocycles. The minimum absolute atomic E-state index is 0.399. The summed E-state index contributed by atoms with van der Waals surface area (Å²) in [6, 6.07) is 8.18. The van der Waals surface area contributed by atoms with Gasteiger partial charge in [0.25, 0.3) is 5.56 Å². The van der Waals surface area contributed by atoms with Crippen LogP contribution < -0.4 is 16.1 Å². The lowest BCUT2D eigenvalue weighted by Gasteiger charge is -2.19. The summed E-state index contributed by atoms with van der Waals surface area (Å²) in [6.07, 6.45) is 8.15. The number of nitrogens with one attached hydrogen (secondary N) is 1. The second-order valence-electron chi connectivity index (χ2n) is 9.66. The maximum atomic E-state index is 13.0. The van der Waals surface area contributed by atoms with E-state index in [1.165, 1.54) is 4.57 Å². The van der Waals surface area contributed by atoms with E-state index in [1.807, 2.05) is 42.8 Å². The van der Waals surface area contributed by atoms with Crippen LogP contribution in [0.2, 0.25) is 0 Å². The third-order valence-corrected chi connectivity index (χ3v) is 7.11. The summed E-state index contributed by atoms with van der Waals surface area (Å²) < 4.78 is 5.64. The minimum Gasteiger partial charge on any atom is -0.375 e. The van der Waals surface area contributed by atoms with Gasteiger partial charge >= 0.3 is 5.69 Å². The molecule has 10 nitrogen and oxygen atoms in total. The van der Waals surface area contributed by atoms with Crippen molar-refractivity contribution in [2.45, 2.75) is 65.1 Å². The second-order valence-corrected chi connectivity index (χ2v) is 9.66. The molecule has 0 atom stereocenters. The van der Waals surface area contributed by atoms with Gasteiger partial charge in [-0.15, -0.1) is 0 Å². The maximum Gasteiger partial charge on any atom is 0.330 e. The molecule has 0 saturated heterocycles. The normalized spacial score (nSPS) is 13.1. The van der Waals surface area contributed by atoms with Gasteiger partial charge in [-0.25, -0.2) is 14.8 Å². The fourth-order valence-corrected chi connectivity index (χ4v) is 5.11. The van der Waals surface area contributed by atoms with Crippen molar-refractivity contribution < 1.29 is 4.79 Å². The molecule has 0 fully saturated rings. The molecule has 0 radical (unpaired) electrons. The third kappa shape index (κ3) is 5.00. The second kappa shape index (κ2) is 10.6. The number of nitrogens with zero attached hydrogens (tertiary/aromatic N) is 6. The van der Waals surface area contributed by atoms with E-state index in [4.69, 9.17) is 9.97 Å². The first-order valence-electron chi connectivity index (χ1n) is 13.0. The van der Waals surface area contributed by atoms with Gasteiger partial charge in [0.2, 0.25) is 0 Å². The molecule has 3 aromatic heterocycles. The molecule has 1 aliphatic rings. The predicted molar refractivity (Wildman–Crippen MR) is 142 cm³/mol. The molecule has 0 saturated carbocycles. The number of aromatic nitrogens is 6. The molecule has 4 aromatic rings. The van der Waals surface area contributed by atoms with Crippen LogP contribution >= 0.6 is 0 Å². The van der Waals surface area contributed by atoms with Crippen molar-refractivity contribution in [2.24, 2.45) is 0 Å². The van der Waals surface area contributed by atoms with Gasteiger partial charge < -0.3 is 18.8 Å². The number of hydrogen-bond acceptors (Lipinski definition) is 6. The highest BCUT2D eigenvalue weighted by atomic mass is 16.2. The zero-order valence-electron chi connectivity index (χ0n) is 21.4. The lowest BCUT2D eigenvalue weighted by Crippen LogP contribution is -2.30. The standard InChI is InChI=1S/C27H33N7O3/c1-3-33-25-24(26(36)30-27(33)37)34(17-19-9-11-21(12-10-19)31(2)13-6-7-15-35)23(29-25)16-20-18-32-14-5-4-8-22(32)28-20/h9-12,15,18H,3-8,13-14,16-17H2,1-2H3,(H,30,36,37). The van der Waals surface area contributed by atoms with E-state index < -0.39 is 11.2 Å². The molecular formula is C27H33N7O3. The average Bonchev–Trinajstić information content (AvgIpc) is 3.46. The van der Waals surface area contributed by atoms with E-state index >= 15 is 0 Å². The molecule has 0 aliphatic carbocycles. The van der Waals surface area contributed by atoms with Gasteiger partial charge in [-0.2, -0.15) is 0 Å². The highest BCUT2D eigenvalue weighted by Crippen LogP contribution is 2.21. The van der Waals surface area contributed by atoms with Gasteiger partial charge in [-0.3, -0.25) is 14.3 Å². The Labute approximate surface area is 214 Å². The highest BCUT2D eigenvalue weighted by Gasteiger charge is 2.21. The zero-order valence-corrected chi connectivity index (χ0v) is 21.4. The summed E-state index contributed by atoms with van der Waals surface area (Å²) in [6.45, 7) is 4.49.